The van der Waals surface area contributed by atoms with E-state index in [1.165, 1.54) is 0 Å². The number of rotatable bonds is 3. The lowest BCUT2D eigenvalue weighted by Gasteiger charge is -2.28. The Kier molecular flexibility index (Phi) is 5.44. The van der Waals surface area contributed by atoms with Crippen molar-refractivity contribution in [2.75, 3.05) is 32.1 Å². The van der Waals surface area contributed by atoms with E-state index in [1.54, 1.807) is 18.7 Å². The Hall–Kier alpha value is -0.130. The van der Waals surface area contributed by atoms with Crippen LogP contribution in [-0.2, 0) is 9.53 Å². The summed E-state index contributed by atoms with van der Waals surface area (Å²) in [5, 5.41) is 0. The van der Waals surface area contributed by atoms with E-state index in [4.69, 9.17) is 17.0 Å². The number of hydrogen-bond acceptors (Lipinski definition) is 4. The van der Waals surface area contributed by atoms with Gasteiger partial charge in [-0.1, -0.05) is 24.0 Å². The third kappa shape index (κ3) is 4.39. The molecule has 0 aliphatic carbocycles. The van der Waals surface area contributed by atoms with Crippen LogP contribution in [0.2, 0.25) is 0 Å². The summed E-state index contributed by atoms with van der Waals surface area (Å²) < 4.78 is 6.13. The summed E-state index contributed by atoms with van der Waals surface area (Å²) in [5.74, 6) is 1.02. The highest BCUT2D eigenvalue weighted by atomic mass is 32.2. The predicted molar refractivity (Wildman–Crippen MR) is 62.7 cm³/mol. The summed E-state index contributed by atoms with van der Waals surface area (Å²) in [6.07, 6.45) is 0.606. The summed E-state index contributed by atoms with van der Waals surface area (Å²) in [6, 6.07) is 0. The van der Waals surface area contributed by atoms with Crippen molar-refractivity contribution in [3.8, 4) is 0 Å². The molecule has 1 aliphatic heterocycles. The lowest BCUT2D eigenvalue weighted by Crippen LogP contribution is -2.38. The highest BCUT2D eigenvalue weighted by molar-refractivity contribution is 8.22. The Labute approximate surface area is 94.2 Å². The molecule has 14 heavy (non-hydrogen) atoms. The number of Topliss-reactive ketones (excluding diaryl/α,β-unsaturated/α-hetero) is 1. The molecule has 1 rings (SSSR count). The first kappa shape index (κ1) is 11.9. The van der Waals surface area contributed by atoms with E-state index in [9.17, 15) is 4.79 Å². The van der Waals surface area contributed by atoms with Gasteiger partial charge in [-0.3, -0.25) is 4.79 Å². The molecular weight excluding hydrogens is 218 g/mol. The molecule has 0 N–H and O–H groups in total. The van der Waals surface area contributed by atoms with Gasteiger partial charge in [-0.25, -0.2) is 0 Å². The molecule has 3 nitrogen and oxygen atoms in total. The van der Waals surface area contributed by atoms with Crippen LogP contribution in [0.3, 0.4) is 0 Å². The van der Waals surface area contributed by atoms with Crippen LogP contribution in [0, 0.1) is 0 Å². The van der Waals surface area contributed by atoms with E-state index in [0.717, 1.165) is 36.4 Å². The van der Waals surface area contributed by atoms with Crippen LogP contribution in [0.1, 0.15) is 13.3 Å². The number of thiocarbonyl (C=S) groups is 1. The Bertz CT molecular complexity index is 215. The minimum Gasteiger partial charge on any atom is -0.378 e. The average molecular weight is 233 g/mol. The van der Waals surface area contributed by atoms with Crippen molar-refractivity contribution >= 4 is 34.1 Å². The first-order chi connectivity index (χ1) is 6.70. The lowest BCUT2D eigenvalue weighted by atomic mass is 10.4. The van der Waals surface area contributed by atoms with Crippen molar-refractivity contribution in [1.29, 1.82) is 0 Å². The van der Waals surface area contributed by atoms with Gasteiger partial charge in [0.25, 0.3) is 0 Å². The fourth-order valence-corrected chi connectivity index (χ4v) is 2.48. The zero-order valence-electron chi connectivity index (χ0n) is 8.32. The van der Waals surface area contributed by atoms with Crippen LogP contribution in [-0.4, -0.2) is 47.1 Å². The van der Waals surface area contributed by atoms with Crippen LogP contribution in [0.5, 0.6) is 0 Å². The highest BCUT2D eigenvalue weighted by Crippen LogP contribution is 2.12. The molecule has 0 aromatic carbocycles. The summed E-state index contributed by atoms with van der Waals surface area (Å²) in [5.41, 5.74) is 0. The van der Waals surface area contributed by atoms with Crippen molar-refractivity contribution in [3.63, 3.8) is 0 Å². The molecule has 0 unspecified atom stereocenters. The smallest absolute Gasteiger partial charge is 0.136 e. The van der Waals surface area contributed by atoms with Crippen molar-refractivity contribution in [1.82, 2.24) is 4.90 Å². The van der Waals surface area contributed by atoms with Gasteiger partial charge in [0.15, 0.2) is 0 Å². The van der Waals surface area contributed by atoms with E-state index in [2.05, 4.69) is 4.90 Å². The zero-order chi connectivity index (χ0) is 10.4. The van der Waals surface area contributed by atoms with Crippen LogP contribution in [0.4, 0.5) is 0 Å². The topological polar surface area (TPSA) is 29.5 Å². The fourth-order valence-electron chi connectivity index (χ4n) is 1.12. The van der Waals surface area contributed by atoms with Gasteiger partial charge in [-0.2, -0.15) is 0 Å². The molecule has 0 atom stereocenters. The van der Waals surface area contributed by atoms with Crippen molar-refractivity contribution in [2.45, 2.75) is 13.3 Å². The van der Waals surface area contributed by atoms with Gasteiger partial charge in [0.2, 0.25) is 0 Å². The minimum atomic E-state index is 0.224. The second kappa shape index (κ2) is 6.37. The van der Waals surface area contributed by atoms with E-state index >= 15 is 0 Å². The number of thioether (sulfide) groups is 1. The number of hydrogen-bond donors (Lipinski definition) is 0. The Morgan fingerprint density at radius 1 is 1.50 bits per heavy atom. The van der Waals surface area contributed by atoms with Crippen LogP contribution < -0.4 is 0 Å². The Morgan fingerprint density at radius 2 is 2.14 bits per heavy atom. The molecule has 1 saturated heterocycles. The van der Waals surface area contributed by atoms with Crippen LogP contribution >= 0.6 is 24.0 Å². The van der Waals surface area contributed by atoms with Gasteiger partial charge in [-0.05, 0) is 6.92 Å². The summed E-state index contributed by atoms with van der Waals surface area (Å²) in [6.45, 7) is 4.89. The molecule has 1 heterocycles. The summed E-state index contributed by atoms with van der Waals surface area (Å²) in [7, 11) is 0. The van der Waals surface area contributed by atoms with E-state index in [1.807, 2.05) is 0 Å². The largest absolute Gasteiger partial charge is 0.378 e. The molecule has 1 fully saturated rings. The first-order valence-corrected chi connectivity index (χ1v) is 6.08. The molecule has 0 saturated carbocycles. The Balaban J connectivity index is 2.16. The molecule has 0 spiro atoms. The van der Waals surface area contributed by atoms with Crippen molar-refractivity contribution in [3.05, 3.63) is 0 Å². The number of nitrogens with zero attached hydrogens (tertiary/aromatic N) is 1. The molecule has 0 radical (unpaired) electrons. The molecule has 80 valence electrons. The van der Waals surface area contributed by atoms with Crippen molar-refractivity contribution < 1.29 is 9.53 Å². The third-order valence-corrected chi connectivity index (χ3v) is 3.47. The molecule has 1 aliphatic rings. The molecular formula is C9H15NO2S2. The minimum absolute atomic E-state index is 0.224. The van der Waals surface area contributed by atoms with Gasteiger partial charge >= 0.3 is 0 Å². The maximum Gasteiger partial charge on any atom is 0.136 e. The normalized spacial score (nSPS) is 16.8. The molecule has 0 aromatic heterocycles. The van der Waals surface area contributed by atoms with Crippen LogP contribution in [0.25, 0.3) is 0 Å². The highest BCUT2D eigenvalue weighted by Gasteiger charge is 2.13. The lowest BCUT2D eigenvalue weighted by molar-refractivity contribution is -0.116. The third-order valence-electron chi connectivity index (χ3n) is 1.95. The van der Waals surface area contributed by atoms with Gasteiger partial charge in [0.1, 0.15) is 10.1 Å². The quantitative estimate of drug-likeness (QED) is 0.686. The first-order valence-electron chi connectivity index (χ1n) is 4.69. The number of ketones is 1. The molecule has 5 heteroatoms. The van der Waals surface area contributed by atoms with Crippen LogP contribution in [0.15, 0.2) is 0 Å². The van der Waals surface area contributed by atoms with Crippen molar-refractivity contribution in [2.24, 2.45) is 0 Å². The van der Waals surface area contributed by atoms with E-state index in [-0.39, 0.29) is 5.78 Å². The SMILES string of the molecule is CC(=O)CCSC(=S)N1CCOCC1. The standard InChI is InChI=1S/C9H15NO2S2/c1-8(11)2-7-14-9(13)10-3-5-12-6-4-10/h2-7H2,1H3. The molecule has 0 bridgehead atoms. The molecule has 0 amide bonds. The van der Waals surface area contributed by atoms with E-state index < -0.39 is 0 Å². The number of ether oxygens (including phenoxy) is 1. The van der Waals surface area contributed by atoms with E-state index in [0.29, 0.717) is 6.42 Å². The fraction of sp³-hybridized carbons (Fsp3) is 0.778. The average Bonchev–Trinajstić information content (AvgIpc) is 2.18. The number of morpholine rings is 1. The summed E-state index contributed by atoms with van der Waals surface area (Å²) >= 11 is 6.84. The van der Waals surface area contributed by atoms with Gasteiger partial charge < -0.3 is 9.64 Å². The van der Waals surface area contributed by atoms with Gasteiger partial charge in [0, 0.05) is 25.3 Å². The van der Waals surface area contributed by atoms with Gasteiger partial charge in [0.05, 0.1) is 13.2 Å². The van der Waals surface area contributed by atoms with Gasteiger partial charge in [-0.15, -0.1) is 0 Å². The number of carbonyl (C=O) groups is 1. The monoisotopic (exact) mass is 233 g/mol. The maximum atomic E-state index is 10.7. The number of carbonyl (C=O) groups excluding carboxylic acids is 1. The second-order valence-electron chi connectivity index (χ2n) is 3.17. The molecule has 0 aromatic rings. The zero-order valence-corrected chi connectivity index (χ0v) is 9.96. The maximum absolute atomic E-state index is 10.7. The predicted octanol–water partition coefficient (Wildman–Crippen LogP) is 1.32. The Morgan fingerprint density at radius 3 is 2.71 bits per heavy atom. The summed E-state index contributed by atoms with van der Waals surface area (Å²) in [4.78, 5) is 12.9. The second-order valence-corrected chi connectivity index (χ2v) is 4.89.